The highest BCUT2D eigenvalue weighted by atomic mass is 35.5. The van der Waals surface area contributed by atoms with Gasteiger partial charge in [-0.15, -0.1) is 0 Å². The minimum absolute atomic E-state index is 0.126. The summed E-state index contributed by atoms with van der Waals surface area (Å²) in [5.41, 5.74) is 5.65. The average molecular weight is 488 g/mol. The highest BCUT2D eigenvalue weighted by Gasteiger charge is 2.26. The summed E-state index contributed by atoms with van der Waals surface area (Å²) in [7, 11) is 4.07. The number of para-hydroxylation sites is 1. The van der Waals surface area contributed by atoms with Crippen LogP contribution in [0.4, 0.5) is 0 Å². The van der Waals surface area contributed by atoms with Gasteiger partial charge in [0, 0.05) is 54.1 Å². The minimum atomic E-state index is -0.144. The Morgan fingerprint density at radius 3 is 2.37 bits per heavy atom. The second-order valence-corrected chi connectivity index (χ2v) is 9.73. The first-order valence-corrected chi connectivity index (χ1v) is 12.7. The van der Waals surface area contributed by atoms with Crippen LogP contribution in [0.1, 0.15) is 41.5 Å². The van der Waals surface area contributed by atoms with Crippen LogP contribution in [-0.4, -0.2) is 47.9 Å². The molecule has 0 aliphatic carbocycles. The molecule has 0 fully saturated rings. The predicted molar refractivity (Wildman–Crippen MR) is 146 cm³/mol. The van der Waals surface area contributed by atoms with Crippen molar-refractivity contribution in [2.75, 3.05) is 27.2 Å². The third kappa shape index (κ3) is 5.95. The molecule has 0 spiro atoms. The molecule has 35 heavy (non-hydrogen) atoms. The molecular formula is C30H34ClN3O. The van der Waals surface area contributed by atoms with Crippen molar-refractivity contribution in [3.63, 3.8) is 0 Å². The third-order valence-corrected chi connectivity index (χ3v) is 6.98. The lowest BCUT2D eigenvalue weighted by molar-refractivity contribution is -0.132. The van der Waals surface area contributed by atoms with Crippen LogP contribution in [0.25, 0.3) is 10.9 Å². The zero-order valence-electron chi connectivity index (χ0n) is 20.8. The molecular weight excluding hydrogens is 454 g/mol. The normalized spacial score (nSPS) is 12.3. The number of hydrogen-bond donors (Lipinski definition) is 1. The number of aryl methyl sites for hydroxylation is 1. The molecule has 3 aromatic carbocycles. The second kappa shape index (κ2) is 11.6. The molecule has 0 aliphatic heterocycles. The second-order valence-electron chi connectivity index (χ2n) is 9.32. The predicted octanol–water partition coefficient (Wildman–Crippen LogP) is 6.50. The van der Waals surface area contributed by atoms with E-state index in [0.29, 0.717) is 24.5 Å². The van der Waals surface area contributed by atoms with Crippen molar-refractivity contribution >= 4 is 28.4 Å². The van der Waals surface area contributed by atoms with Gasteiger partial charge in [-0.1, -0.05) is 85.3 Å². The van der Waals surface area contributed by atoms with E-state index in [2.05, 4.69) is 53.3 Å². The number of aromatic amines is 1. The number of nitrogens with zero attached hydrogens (tertiary/aromatic N) is 2. The van der Waals surface area contributed by atoms with Crippen LogP contribution >= 0.6 is 11.6 Å². The first kappa shape index (κ1) is 25.0. The van der Waals surface area contributed by atoms with Gasteiger partial charge in [0.15, 0.2) is 0 Å². The first-order valence-electron chi connectivity index (χ1n) is 12.3. The van der Waals surface area contributed by atoms with Crippen LogP contribution in [0.5, 0.6) is 0 Å². The average Bonchev–Trinajstić information content (AvgIpc) is 3.30. The van der Waals surface area contributed by atoms with Gasteiger partial charge in [-0.2, -0.15) is 0 Å². The number of fused-ring (bicyclic) bond motifs is 1. The molecule has 0 radical (unpaired) electrons. The fourth-order valence-corrected chi connectivity index (χ4v) is 4.95. The van der Waals surface area contributed by atoms with E-state index in [0.717, 1.165) is 40.6 Å². The summed E-state index contributed by atoms with van der Waals surface area (Å²) in [5, 5.41) is 1.85. The Hall–Kier alpha value is -3.08. The van der Waals surface area contributed by atoms with Gasteiger partial charge in [0.1, 0.15) is 0 Å². The van der Waals surface area contributed by atoms with Crippen LogP contribution in [0, 0.1) is 0 Å². The van der Waals surface area contributed by atoms with Crippen molar-refractivity contribution in [3.05, 3.63) is 106 Å². The highest BCUT2D eigenvalue weighted by molar-refractivity contribution is 6.31. The maximum Gasteiger partial charge on any atom is 0.223 e. The minimum Gasteiger partial charge on any atom is -0.361 e. The molecule has 1 aromatic heterocycles. The van der Waals surface area contributed by atoms with Crippen molar-refractivity contribution < 1.29 is 4.79 Å². The molecule has 1 amide bonds. The molecule has 0 saturated carbocycles. The molecule has 4 rings (SSSR count). The largest absolute Gasteiger partial charge is 0.361 e. The van der Waals surface area contributed by atoms with Gasteiger partial charge in [-0.25, -0.2) is 0 Å². The lowest BCUT2D eigenvalue weighted by Gasteiger charge is -2.27. The molecule has 0 unspecified atom stereocenters. The molecule has 0 bridgehead atoms. The Morgan fingerprint density at radius 2 is 1.66 bits per heavy atom. The molecule has 1 heterocycles. The molecule has 4 nitrogen and oxygen atoms in total. The van der Waals surface area contributed by atoms with Crippen LogP contribution < -0.4 is 0 Å². The van der Waals surface area contributed by atoms with Gasteiger partial charge >= 0.3 is 0 Å². The van der Waals surface area contributed by atoms with E-state index in [1.807, 2.05) is 61.5 Å². The number of carbonyl (C=O) groups excluding carboxylic acids is 1. The fourth-order valence-electron chi connectivity index (χ4n) is 4.69. The van der Waals surface area contributed by atoms with E-state index in [1.165, 1.54) is 5.56 Å². The third-order valence-electron chi connectivity index (χ3n) is 6.64. The lowest BCUT2D eigenvalue weighted by Crippen LogP contribution is -2.37. The molecule has 0 aliphatic rings. The van der Waals surface area contributed by atoms with Gasteiger partial charge in [0.25, 0.3) is 0 Å². The quantitative estimate of drug-likeness (QED) is 0.277. The maximum atomic E-state index is 13.9. The standard InChI is InChI=1S/C30H34ClN3O/c1-4-23-13-10-15-25-27(20-32-30(23)25)26(24-14-8-9-16-28(24)31)19-29(35)34(18-17-33(2)3)21-22-11-6-5-7-12-22/h5-16,20,26,32H,4,17-19,21H2,1-3H3/t26-/m1/s1. The van der Waals surface area contributed by atoms with Crippen molar-refractivity contribution in [1.82, 2.24) is 14.8 Å². The molecule has 4 aromatic rings. The number of H-pyrrole nitrogens is 1. The van der Waals surface area contributed by atoms with Crippen molar-refractivity contribution in [2.45, 2.75) is 32.2 Å². The topological polar surface area (TPSA) is 39.3 Å². The maximum absolute atomic E-state index is 13.9. The Morgan fingerprint density at radius 1 is 0.914 bits per heavy atom. The zero-order valence-corrected chi connectivity index (χ0v) is 21.6. The van der Waals surface area contributed by atoms with Crippen LogP contribution in [0.3, 0.4) is 0 Å². The van der Waals surface area contributed by atoms with E-state index < -0.39 is 0 Å². The molecule has 0 saturated heterocycles. The summed E-state index contributed by atoms with van der Waals surface area (Å²) < 4.78 is 0. The zero-order chi connectivity index (χ0) is 24.8. The van der Waals surface area contributed by atoms with Crippen molar-refractivity contribution in [2.24, 2.45) is 0 Å². The number of aromatic nitrogens is 1. The van der Waals surface area contributed by atoms with E-state index in [4.69, 9.17) is 11.6 Å². The van der Waals surface area contributed by atoms with Crippen molar-refractivity contribution in [1.29, 1.82) is 0 Å². The van der Waals surface area contributed by atoms with Crippen LogP contribution in [-0.2, 0) is 17.8 Å². The van der Waals surface area contributed by atoms with Gasteiger partial charge in [-0.05, 0) is 48.8 Å². The van der Waals surface area contributed by atoms with E-state index >= 15 is 0 Å². The number of benzene rings is 3. The highest BCUT2D eigenvalue weighted by Crippen LogP contribution is 2.38. The Kier molecular flexibility index (Phi) is 8.27. The van der Waals surface area contributed by atoms with Gasteiger partial charge in [0.05, 0.1) is 0 Å². The smallest absolute Gasteiger partial charge is 0.223 e. The SMILES string of the molecule is CCc1cccc2c([C@H](CC(=O)N(CCN(C)C)Cc3ccccc3)c3ccccc3Cl)c[nH]c12. The van der Waals surface area contributed by atoms with Crippen molar-refractivity contribution in [3.8, 4) is 0 Å². The molecule has 1 atom stereocenters. The van der Waals surface area contributed by atoms with Gasteiger partial charge in [-0.3, -0.25) is 4.79 Å². The number of nitrogens with one attached hydrogen (secondary N) is 1. The van der Waals surface area contributed by atoms with Crippen LogP contribution in [0.2, 0.25) is 5.02 Å². The summed E-state index contributed by atoms with van der Waals surface area (Å²) in [4.78, 5) is 21.4. The summed E-state index contributed by atoms with van der Waals surface area (Å²) in [6, 6.07) is 24.5. The fraction of sp³-hybridized carbons (Fsp3) is 0.300. The molecule has 5 heteroatoms. The number of amides is 1. The Bertz CT molecular complexity index is 1270. The number of hydrogen-bond acceptors (Lipinski definition) is 2. The lowest BCUT2D eigenvalue weighted by atomic mass is 9.87. The number of halogens is 1. The summed E-state index contributed by atoms with van der Waals surface area (Å²) in [6.07, 6.45) is 3.36. The van der Waals surface area contributed by atoms with E-state index in [-0.39, 0.29) is 11.8 Å². The van der Waals surface area contributed by atoms with E-state index in [1.54, 1.807) is 0 Å². The molecule has 182 valence electrons. The molecule has 1 N–H and O–H groups in total. The summed E-state index contributed by atoms with van der Waals surface area (Å²) >= 11 is 6.70. The summed E-state index contributed by atoms with van der Waals surface area (Å²) in [6.45, 7) is 4.24. The number of carbonyl (C=O) groups is 1. The van der Waals surface area contributed by atoms with Gasteiger partial charge < -0.3 is 14.8 Å². The number of rotatable bonds is 10. The summed E-state index contributed by atoms with van der Waals surface area (Å²) in [5.74, 6) is -0.0173. The Balaban J connectivity index is 1.71. The monoisotopic (exact) mass is 487 g/mol. The number of likely N-dealkylation sites (N-methyl/N-ethyl adjacent to an activating group) is 1. The Labute approximate surface area is 213 Å². The first-order chi connectivity index (χ1) is 17.0. The van der Waals surface area contributed by atoms with Gasteiger partial charge in [0.2, 0.25) is 5.91 Å². The van der Waals surface area contributed by atoms with Crippen LogP contribution in [0.15, 0.2) is 79.0 Å². The van der Waals surface area contributed by atoms with E-state index in [9.17, 15) is 4.79 Å².